The first-order valence-electron chi connectivity index (χ1n) is 2.01. The van der Waals surface area contributed by atoms with Crippen LogP contribution in [-0.2, 0) is 4.79 Å². The molecule has 0 fully saturated rings. The van der Waals surface area contributed by atoms with Gasteiger partial charge in [0.25, 0.3) is 0 Å². The molecule has 0 aliphatic heterocycles. The highest BCUT2D eigenvalue weighted by molar-refractivity contribution is 6.22. The van der Waals surface area contributed by atoms with Crippen LogP contribution in [0, 0.1) is 0 Å². The van der Waals surface area contributed by atoms with Crippen LogP contribution in [0.5, 0.6) is 0 Å². The highest BCUT2D eigenvalue weighted by atomic mass is 35.5. The summed E-state index contributed by atoms with van der Waals surface area (Å²) < 4.78 is 0. The van der Waals surface area contributed by atoms with Gasteiger partial charge in [0.2, 0.25) is 0 Å². The predicted molar refractivity (Wildman–Crippen MR) is 30.5 cm³/mol. The molecule has 0 aromatic heterocycles. The average Bonchev–Trinajstić information content (AvgIpc) is 1.68. The highest BCUT2D eigenvalue weighted by Crippen LogP contribution is 1.98. The second-order valence-electron chi connectivity index (χ2n) is 1.15. The van der Waals surface area contributed by atoms with Crippen LogP contribution in [0.1, 0.15) is 6.42 Å². The normalized spacial score (nSPS) is 12.7. The largest absolute Gasteiger partial charge is 0.303 e. The summed E-state index contributed by atoms with van der Waals surface area (Å²) in [5.74, 6) is 0. The number of allylic oxidation sites excluding steroid dienone is 1. The zero-order valence-electron chi connectivity index (χ0n) is 3.93. The lowest BCUT2D eigenvalue weighted by atomic mass is 10.3. The van der Waals surface area contributed by atoms with Crippen molar-refractivity contribution in [2.24, 2.45) is 0 Å². The summed E-state index contributed by atoms with van der Waals surface area (Å²) in [5, 5.41) is -0.183. The number of hydrogen-bond acceptors (Lipinski definition) is 1. The molecule has 0 aromatic rings. The minimum atomic E-state index is -0.183. The second kappa shape index (κ2) is 3.88. The molecule has 0 aliphatic carbocycles. The Morgan fingerprint density at radius 3 is 2.57 bits per heavy atom. The van der Waals surface area contributed by atoms with E-state index in [9.17, 15) is 4.79 Å². The van der Waals surface area contributed by atoms with Gasteiger partial charge in [-0.05, 0) is 0 Å². The number of alkyl halides is 1. The number of carbonyl (C=O) groups excluding carboxylic acids is 1. The van der Waals surface area contributed by atoms with Crippen molar-refractivity contribution in [2.75, 3.05) is 0 Å². The third kappa shape index (κ3) is 3.53. The monoisotopic (exact) mass is 118 g/mol. The van der Waals surface area contributed by atoms with E-state index in [1.54, 1.807) is 0 Å². The molecule has 40 valence electrons. The van der Waals surface area contributed by atoms with E-state index in [0.717, 1.165) is 6.29 Å². The first kappa shape index (κ1) is 6.70. The van der Waals surface area contributed by atoms with Gasteiger partial charge in [0.15, 0.2) is 0 Å². The van der Waals surface area contributed by atoms with Crippen molar-refractivity contribution in [1.82, 2.24) is 0 Å². The van der Waals surface area contributed by atoms with Crippen LogP contribution in [0.3, 0.4) is 0 Å². The third-order valence-corrected chi connectivity index (χ3v) is 0.933. The van der Waals surface area contributed by atoms with Crippen LogP contribution in [-0.4, -0.2) is 11.7 Å². The Labute approximate surface area is 48.0 Å². The first-order chi connectivity index (χ1) is 3.31. The minimum Gasteiger partial charge on any atom is -0.303 e. The summed E-state index contributed by atoms with van der Waals surface area (Å²) in [5.41, 5.74) is 0. The molecular formula is C5H7ClO. The second-order valence-corrected chi connectivity index (χ2v) is 1.71. The van der Waals surface area contributed by atoms with Gasteiger partial charge in [0.05, 0.1) is 5.38 Å². The average molecular weight is 119 g/mol. The summed E-state index contributed by atoms with van der Waals surface area (Å²) in [6, 6.07) is 0. The first-order valence-corrected chi connectivity index (χ1v) is 2.45. The number of carbonyl (C=O) groups is 1. The topological polar surface area (TPSA) is 17.1 Å². The molecule has 0 radical (unpaired) electrons. The Hall–Kier alpha value is -0.300. The van der Waals surface area contributed by atoms with Crippen LogP contribution >= 0.6 is 11.6 Å². The van der Waals surface area contributed by atoms with Crippen LogP contribution in [0.4, 0.5) is 0 Å². The van der Waals surface area contributed by atoms with Crippen molar-refractivity contribution in [1.29, 1.82) is 0 Å². The molecule has 7 heavy (non-hydrogen) atoms. The van der Waals surface area contributed by atoms with Crippen molar-refractivity contribution < 1.29 is 4.79 Å². The van der Waals surface area contributed by atoms with Gasteiger partial charge in [-0.15, -0.1) is 18.2 Å². The van der Waals surface area contributed by atoms with E-state index < -0.39 is 0 Å². The zero-order chi connectivity index (χ0) is 5.70. The van der Waals surface area contributed by atoms with Gasteiger partial charge in [-0.2, -0.15) is 0 Å². The summed E-state index contributed by atoms with van der Waals surface area (Å²) >= 11 is 5.42. The minimum absolute atomic E-state index is 0.183. The predicted octanol–water partition coefficient (Wildman–Crippen LogP) is 1.37. The molecule has 0 saturated carbocycles. The van der Waals surface area contributed by atoms with E-state index in [2.05, 4.69) is 6.58 Å². The fraction of sp³-hybridized carbons (Fsp3) is 0.400. The Morgan fingerprint density at radius 2 is 2.43 bits per heavy atom. The van der Waals surface area contributed by atoms with Crippen LogP contribution in [0.25, 0.3) is 0 Å². The smallest absolute Gasteiger partial charge is 0.121 e. The van der Waals surface area contributed by atoms with Crippen LogP contribution in [0.2, 0.25) is 0 Å². The lowest BCUT2D eigenvalue weighted by Gasteiger charge is -1.90. The summed E-state index contributed by atoms with van der Waals surface area (Å²) in [6.07, 6.45) is 2.68. The van der Waals surface area contributed by atoms with Gasteiger partial charge in [0, 0.05) is 6.42 Å². The number of hydrogen-bond donors (Lipinski definition) is 0. The molecule has 2 heteroatoms. The number of rotatable bonds is 3. The molecule has 1 atom stereocenters. The molecule has 0 rings (SSSR count). The molecule has 0 heterocycles. The standard InChI is InChI=1S/C5H7ClO/c1-2-5(6)3-4-7/h2,4-5H,1,3H2. The Balaban J connectivity index is 3.15. The maximum Gasteiger partial charge on any atom is 0.121 e. The fourth-order valence-electron chi connectivity index (χ4n) is 0.188. The van der Waals surface area contributed by atoms with Crippen molar-refractivity contribution in [3.8, 4) is 0 Å². The molecule has 0 aromatic carbocycles. The van der Waals surface area contributed by atoms with E-state index in [-0.39, 0.29) is 5.38 Å². The summed E-state index contributed by atoms with van der Waals surface area (Å²) in [4.78, 5) is 9.64. The SMILES string of the molecule is C=CC(Cl)CC=O. The van der Waals surface area contributed by atoms with Gasteiger partial charge in [-0.3, -0.25) is 0 Å². The summed E-state index contributed by atoms with van der Waals surface area (Å²) in [7, 11) is 0. The molecule has 1 unspecified atom stereocenters. The lowest BCUT2D eigenvalue weighted by Crippen LogP contribution is -1.91. The highest BCUT2D eigenvalue weighted by Gasteiger charge is 1.92. The summed E-state index contributed by atoms with van der Waals surface area (Å²) in [6.45, 7) is 3.39. The van der Waals surface area contributed by atoms with Crippen molar-refractivity contribution in [3.63, 3.8) is 0 Å². The number of aldehydes is 1. The zero-order valence-corrected chi connectivity index (χ0v) is 4.69. The third-order valence-electron chi connectivity index (χ3n) is 0.577. The van der Waals surface area contributed by atoms with Gasteiger partial charge in [0.1, 0.15) is 6.29 Å². The fourth-order valence-corrected chi connectivity index (χ4v) is 0.261. The van der Waals surface area contributed by atoms with Crippen LogP contribution in [0.15, 0.2) is 12.7 Å². The van der Waals surface area contributed by atoms with E-state index in [1.807, 2.05) is 0 Å². The van der Waals surface area contributed by atoms with Gasteiger partial charge < -0.3 is 4.79 Å². The van der Waals surface area contributed by atoms with Gasteiger partial charge in [-0.25, -0.2) is 0 Å². The number of halogens is 1. The van der Waals surface area contributed by atoms with Crippen molar-refractivity contribution >= 4 is 17.9 Å². The molecule has 0 amide bonds. The molecule has 0 N–H and O–H groups in total. The quantitative estimate of drug-likeness (QED) is 0.311. The lowest BCUT2D eigenvalue weighted by molar-refractivity contribution is -0.107. The molecular weight excluding hydrogens is 112 g/mol. The molecule has 0 saturated heterocycles. The molecule has 1 nitrogen and oxygen atoms in total. The molecule has 0 aliphatic rings. The van der Waals surface area contributed by atoms with Crippen molar-refractivity contribution in [2.45, 2.75) is 11.8 Å². The Morgan fingerprint density at radius 1 is 1.86 bits per heavy atom. The van der Waals surface area contributed by atoms with Gasteiger partial charge >= 0.3 is 0 Å². The molecule has 0 bridgehead atoms. The van der Waals surface area contributed by atoms with Crippen molar-refractivity contribution in [3.05, 3.63) is 12.7 Å². The van der Waals surface area contributed by atoms with E-state index >= 15 is 0 Å². The molecule has 0 spiro atoms. The van der Waals surface area contributed by atoms with E-state index in [0.29, 0.717) is 6.42 Å². The van der Waals surface area contributed by atoms with Crippen LogP contribution < -0.4 is 0 Å². The van der Waals surface area contributed by atoms with Gasteiger partial charge in [-0.1, -0.05) is 6.08 Å². The Bertz CT molecular complexity index is 70.5. The van der Waals surface area contributed by atoms with E-state index in [4.69, 9.17) is 11.6 Å². The maximum atomic E-state index is 9.64. The Kier molecular flexibility index (Phi) is 3.71. The van der Waals surface area contributed by atoms with E-state index in [1.165, 1.54) is 6.08 Å². The maximum absolute atomic E-state index is 9.64.